The molecule has 4 nitrogen and oxygen atoms in total. The van der Waals surface area contributed by atoms with E-state index in [4.69, 9.17) is 10.5 Å². The van der Waals surface area contributed by atoms with Crippen LogP contribution in [0.3, 0.4) is 0 Å². The van der Waals surface area contributed by atoms with Crippen LogP contribution in [-0.2, 0) is 6.54 Å². The summed E-state index contributed by atoms with van der Waals surface area (Å²) in [6, 6.07) is 7.87. The maximum absolute atomic E-state index is 6.01. The third kappa shape index (κ3) is 2.77. The van der Waals surface area contributed by atoms with Crippen molar-refractivity contribution in [1.82, 2.24) is 9.78 Å². The Bertz CT molecular complexity index is 551. The van der Waals surface area contributed by atoms with Gasteiger partial charge in [0.05, 0.1) is 5.69 Å². The first-order valence-corrected chi connectivity index (χ1v) is 6.96. The minimum Gasteiger partial charge on any atom is -0.437 e. The standard InChI is InChI=1S/C13H16IN3O/c1-3-7-17-13(12(15)9(2)16-17)18-11-6-4-5-10(14)8-11/h4-6,8H,3,7,15H2,1-2H3. The lowest BCUT2D eigenvalue weighted by molar-refractivity contribution is 0.410. The molecular weight excluding hydrogens is 341 g/mol. The first-order chi connectivity index (χ1) is 8.61. The van der Waals surface area contributed by atoms with Gasteiger partial charge in [0, 0.05) is 10.1 Å². The maximum Gasteiger partial charge on any atom is 0.241 e. The van der Waals surface area contributed by atoms with E-state index in [2.05, 4.69) is 34.6 Å². The summed E-state index contributed by atoms with van der Waals surface area (Å²) >= 11 is 2.25. The van der Waals surface area contributed by atoms with Crippen LogP contribution in [0.2, 0.25) is 0 Å². The summed E-state index contributed by atoms with van der Waals surface area (Å²) < 4.78 is 8.82. The Labute approximate surface area is 120 Å². The molecule has 0 aliphatic rings. The van der Waals surface area contributed by atoms with Gasteiger partial charge in [-0.2, -0.15) is 5.10 Å². The summed E-state index contributed by atoms with van der Waals surface area (Å²) in [6.07, 6.45) is 0.989. The van der Waals surface area contributed by atoms with Crippen molar-refractivity contribution in [3.05, 3.63) is 33.5 Å². The SMILES string of the molecule is CCCn1nc(C)c(N)c1Oc1cccc(I)c1. The summed E-state index contributed by atoms with van der Waals surface area (Å²) in [4.78, 5) is 0. The largest absolute Gasteiger partial charge is 0.437 e. The van der Waals surface area contributed by atoms with Gasteiger partial charge in [0.15, 0.2) is 0 Å². The van der Waals surface area contributed by atoms with Crippen LogP contribution < -0.4 is 10.5 Å². The van der Waals surface area contributed by atoms with Crippen molar-refractivity contribution >= 4 is 28.3 Å². The fraction of sp³-hybridized carbons (Fsp3) is 0.308. The van der Waals surface area contributed by atoms with E-state index in [1.807, 2.05) is 35.9 Å². The van der Waals surface area contributed by atoms with E-state index in [1.54, 1.807) is 0 Å². The smallest absolute Gasteiger partial charge is 0.241 e. The Morgan fingerprint density at radius 3 is 2.89 bits per heavy atom. The van der Waals surface area contributed by atoms with E-state index in [1.165, 1.54) is 0 Å². The van der Waals surface area contributed by atoms with E-state index in [0.717, 1.165) is 28.0 Å². The maximum atomic E-state index is 6.01. The number of nitrogen functional groups attached to an aromatic ring is 1. The molecule has 0 spiro atoms. The van der Waals surface area contributed by atoms with Crippen molar-refractivity contribution in [2.45, 2.75) is 26.8 Å². The zero-order valence-corrected chi connectivity index (χ0v) is 12.6. The van der Waals surface area contributed by atoms with E-state index in [0.29, 0.717) is 11.6 Å². The molecule has 0 unspecified atom stereocenters. The van der Waals surface area contributed by atoms with Crippen LogP contribution in [0.4, 0.5) is 5.69 Å². The molecule has 18 heavy (non-hydrogen) atoms. The Balaban J connectivity index is 2.33. The van der Waals surface area contributed by atoms with Gasteiger partial charge in [-0.05, 0) is 54.1 Å². The topological polar surface area (TPSA) is 53.1 Å². The molecule has 0 fully saturated rings. The normalized spacial score (nSPS) is 10.6. The molecule has 0 atom stereocenters. The van der Waals surface area contributed by atoms with E-state index in [-0.39, 0.29) is 0 Å². The van der Waals surface area contributed by atoms with Crippen LogP contribution >= 0.6 is 22.6 Å². The average Bonchev–Trinajstić information content (AvgIpc) is 2.58. The van der Waals surface area contributed by atoms with Gasteiger partial charge < -0.3 is 10.5 Å². The number of anilines is 1. The van der Waals surface area contributed by atoms with Gasteiger partial charge in [-0.25, -0.2) is 4.68 Å². The zero-order chi connectivity index (χ0) is 13.1. The van der Waals surface area contributed by atoms with Crippen molar-refractivity contribution in [3.8, 4) is 11.6 Å². The van der Waals surface area contributed by atoms with Gasteiger partial charge >= 0.3 is 0 Å². The number of benzene rings is 1. The lowest BCUT2D eigenvalue weighted by Gasteiger charge is -2.09. The monoisotopic (exact) mass is 357 g/mol. The van der Waals surface area contributed by atoms with Gasteiger partial charge in [-0.1, -0.05) is 13.0 Å². The highest BCUT2D eigenvalue weighted by atomic mass is 127. The number of nitrogens with zero attached hydrogens (tertiary/aromatic N) is 2. The van der Waals surface area contributed by atoms with Gasteiger partial charge in [0.2, 0.25) is 5.88 Å². The van der Waals surface area contributed by atoms with Gasteiger partial charge in [0.1, 0.15) is 11.4 Å². The molecule has 1 aromatic heterocycles. The van der Waals surface area contributed by atoms with Crippen molar-refractivity contribution in [3.63, 3.8) is 0 Å². The van der Waals surface area contributed by atoms with E-state index < -0.39 is 0 Å². The molecular formula is C13H16IN3O. The molecule has 0 amide bonds. The van der Waals surface area contributed by atoms with Crippen molar-refractivity contribution in [1.29, 1.82) is 0 Å². The Morgan fingerprint density at radius 2 is 2.22 bits per heavy atom. The third-order valence-corrected chi connectivity index (χ3v) is 3.24. The number of hydrogen-bond donors (Lipinski definition) is 1. The van der Waals surface area contributed by atoms with Gasteiger partial charge in [0.25, 0.3) is 0 Å². The second-order valence-corrected chi connectivity index (χ2v) is 5.33. The molecule has 1 aromatic carbocycles. The van der Waals surface area contributed by atoms with Crippen LogP contribution in [-0.4, -0.2) is 9.78 Å². The van der Waals surface area contributed by atoms with Crippen molar-refractivity contribution < 1.29 is 4.74 Å². The Hall–Kier alpha value is -1.24. The summed E-state index contributed by atoms with van der Waals surface area (Å²) in [7, 11) is 0. The second-order valence-electron chi connectivity index (χ2n) is 4.09. The first kappa shape index (κ1) is 13.2. The minimum absolute atomic E-state index is 0.613. The number of nitrogens with two attached hydrogens (primary N) is 1. The third-order valence-electron chi connectivity index (χ3n) is 2.57. The van der Waals surface area contributed by atoms with Crippen LogP contribution in [0.15, 0.2) is 24.3 Å². The van der Waals surface area contributed by atoms with Gasteiger partial charge in [-0.15, -0.1) is 0 Å². The Morgan fingerprint density at radius 1 is 1.44 bits per heavy atom. The van der Waals surface area contributed by atoms with E-state index >= 15 is 0 Å². The number of ether oxygens (including phenoxy) is 1. The number of aromatic nitrogens is 2. The molecule has 5 heteroatoms. The predicted octanol–water partition coefficient (Wildman–Crippen LogP) is 3.58. The molecule has 2 aromatic rings. The second kappa shape index (κ2) is 5.60. The molecule has 0 radical (unpaired) electrons. The molecule has 96 valence electrons. The average molecular weight is 357 g/mol. The summed E-state index contributed by atoms with van der Waals surface area (Å²) in [5.74, 6) is 1.42. The predicted molar refractivity (Wildman–Crippen MR) is 80.9 cm³/mol. The highest BCUT2D eigenvalue weighted by Gasteiger charge is 2.14. The molecule has 2 rings (SSSR count). The molecule has 0 saturated carbocycles. The molecule has 2 N–H and O–H groups in total. The fourth-order valence-electron chi connectivity index (χ4n) is 1.69. The fourth-order valence-corrected chi connectivity index (χ4v) is 2.20. The minimum atomic E-state index is 0.613. The van der Waals surface area contributed by atoms with Crippen LogP contribution in [0.1, 0.15) is 19.0 Å². The molecule has 0 aliphatic carbocycles. The first-order valence-electron chi connectivity index (χ1n) is 5.88. The van der Waals surface area contributed by atoms with E-state index in [9.17, 15) is 0 Å². The van der Waals surface area contributed by atoms with Crippen molar-refractivity contribution in [2.24, 2.45) is 0 Å². The highest BCUT2D eigenvalue weighted by molar-refractivity contribution is 14.1. The number of aryl methyl sites for hydroxylation is 2. The molecule has 0 aliphatic heterocycles. The van der Waals surface area contributed by atoms with Crippen LogP contribution in [0.5, 0.6) is 11.6 Å². The number of hydrogen-bond acceptors (Lipinski definition) is 3. The van der Waals surface area contributed by atoms with Crippen LogP contribution in [0.25, 0.3) is 0 Å². The summed E-state index contributed by atoms with van der Waals surface area (Å²) in [5.41, 5.74) is 7.43. The van der Waals surface area contributed by atoms with Crippen molar-refractivity contribution in [2.75, 3.05) is 5.73 Å². The lowest BCUT2D eigenvalue weighted by atomic mass is 10.3. The molecule has 1 heterocycles. The molecule has 0 saturated heterocycles. The van der Waals surface area contributed by atoms with Crippen LogP contribution in [0, 0.1) is 10.5 Å². The number of rotatable bonds is 4. The Kier molecular flexibility index (Phi) is 4.11. The highest BCUT2D eigenvalue weighted by Crippen LogP contribution is 2.30. The zero-order valence-electron chi connectivity index (χ0n) is 10.5. The lowest BCUT2D eigenvalue weighted by Crippen LogP contribution is -2.02. The van der Waals surface area contributed by atoms with Gasteiger partial charge in [-0.3, -0.25) is 0 Å². The number of halogens is 1. The molecule has 0 bridgehead atoms. The quantitative estimate of drug-likeness (QED) is 0.851. The summed E-state index contributed by atoms with van der Waals surface area (Å²) in [5, 5.41) is 4.38. The summed E-state index contributed by atoms with van der Waals surface area (Å²) in [6.45, 7) is 4.79.